The van der Waals surface area contributed by atoms with Crippen LogP contribution in [0.5, 0.6) is 0 Å². The number of carbonyl (C=O) groups is 3. The Hall–Kier alpha value is -6.01. The summed E-state index contributed by atoms with van der Waals surface area (Å²) in [6.07, 6.45) is 4.18. The summed E-state index contributed by atoms with van der Waals surface area (Å²) in [5, 5.41) is 14.9. The van der Waals surface area contributed by atoms with Gasteiger partial charge in [0.1, 0.15) is 18.2 Å². The number of nitrogens with one attached hydrogen (secondary N) is 3. The number of hydrogen-bond donors (Lipinski definition) is 3. The van der Waals surface area contributed by atoms with Crippen molar-refractivity contribution in [3.8, 4) is 11.1 Å². The molecule has 0 saturated carbocycles. The molecule has 266 valence electrons. The van der Waals surface area contributed by atoms with E-state index in [1.165, 1.54) is 19.2 Å². The normalized spacial score (nSPS) is 13.1. The highest BCUT2D eigenvalue weighted by atomic mass is 19.1. The number of pyridine rings is 2. The molecule has 1 aliphatic heterocycles. The molecule has 0 radical (unpaired) electrons. The molecule has 1 saturated heterocycles. The molecule has 1 fully saturated rings. The zero-order chi connectivity index (χ0) is 37.0. The van der Waals surface area contributed by atoms with Crippen LogP contribution in [0.15, 0.2) is 79.1 Å². The number of halogens is 1. The van der Waals surface area contributed by atoms with Crippen LogP contribution in [0, 0.1) is 11.2 Å². The molecule has 0 atom stereocenters. The highest BCUT2D eigenvalue weighted by Crippen LogP contribution is 2.36. The largest absolute Gasteiger partial charge is 0.461 e. The first-order valence-corrected chi connectivity index (χ1v) is 16.8. The van der Waals surface area contributed by atoms with Crippen LogP contribution < -0.4 is 10.6 Å². The zero-order valence-corrected chi connectivity index (χ0v) is 29.4. The van der Waals surface area contributed by atoms with Crippen molar-refractivity contribution in [2.75, 3.05) is 36.9 Å². The predicted octanol–water partition coefficient (Wildman–Crippen LogP) is 7.26. The van der Waals surface area contributed by atoms with Crippen LogP contribution >= 0.6 is 0 Å². The van der Waals surface area contributed by atoms with Gasteiger partial charge in [0.25, 0.3) is 11.8 Å². The number of aromatic nitrogens is 2. The van der Waals surface area contributed by atoms with Gasteiger partial charge in [-0.1, -0.05) is 39.0 Å². The molecule has 11 nitrogen and oxygen atoms in total. The fraction of sp³-hybridized carbons (Fsp3) is 0.250. The van der Waals surface area contributed by atoms with Crippen molar-refractivity contribution < 1.29 is 28.2 Å². The van der Waals surface area contributed by atoms with Crippen LogP contribution in [-0.2, 0) is 26.3 Å². The van der Waals surface area contributed by atoms with Gasteiger partial charge in [-0.05, 0) is 70.6 Å². The summed E-state index contributed by atoms with van der Waals surface area (Å²) in [5.41, 5.74) is 4.03. The van der Waals surface area contributed by atoms with Gasteiger partial charge in [-0.25, -0.2) is 9.37 Å². The highest BCUT2D eigenvalue weighted by molar-refractivity contribution is 6.10. The van der Waals surface area contributed by atoms with E-state index in [9.17, 15) is 14.4 Å². The minimum absolute atomic E-state index is 0.109. The third-order valence-electron chi connectivity index (χ3n) is 8.80. The molecule has 5 aromatic rings. The molecule has 6 rings (SSSR count). The van der Waals surface area contributed by atoms with E-state index in [2.05, 4.69) is 20.6 Å². The molecule has 3 heterocycles. The topological polar surface area (TPSA) is 147 Å². The van der Waals surface area contributed by atoms with Crippen molar-refractivity contribution in [3.63, 3.8) is 0 Å². The van der Waals surface area contributed by atoms with Gasteiger partial charge < -0.3 is 30.4 Å². The van der Waals surface area contributed by atoms with Crippen LogP contribution in [0.1, 0.15) is 65.1 Å². The molecule has 0 aliphatic carbocycles. The maximum atomic E-state index is 15.5. The predicted molar refractivity (Wildman–Crippen MR) is 198 cm³/mol. The Labute approximate surface area is 300 Å². The number of fused-ring (bicyclic) bond motifs is 1. The number of amides is 2. The molecule has 0 unspecified atom stereocenters. The number of nitrogens with zero attached hydrogens (tertiary/aromatic N) is 3. The molecule has 12 heteroatoms. The van der Waals surface area contributed by atoms with Crippen LogP contribution in [0.2, 0.25) is 0 Å². The second-order valence-corrected chi connectivity index (χ2v) is 13.4. The van der Waals surface area contributed by atoms with Crippen LogP contribution in [0.3, 0.4) is 0 Å². The highest BCUT2D eigenvalue weighted by Gasteiger charge is 2.24. The van der Waals surface area contributed by atoms with E-state index < -0.39 is 23.1 Å². The van der Waals surface area contributed by atoms with E-state index in [1.807, 2.05) is 51.1 Å². The number of benzene rings is 3. The fourth-order valence-corrected chi connectivity index (χ4v) is 6.03. The third-order valence-corrected chi connectivity index (χ3v) is 8.80. The SMILES string of the molecule is CC(=O)OCc1c(NC(=O)c2c(F)cc(C(C)(C)C)cc2C=N)cccc1-c1cc(Nc2ccc(C(=O)N3CCOCC3)cn2)c2ncccc2c1. The Balaban J connectivity index is 1.37. The monoisotopic (exact) mass is 702 g/mol. The Morgan fingerprint density at radius 3 is 2.48 bits per heavy atom. The van der Waals surface area contributed by atoms with Crippen molar-refractivity contribution >= 4 is 52.1 Å². The second kappa shape index (κ2) is 15.1. The summed E-state index contributed by atoms with van der Waals surface area (Å²) in [5.74, 6) is -1.63. The maximum absolute atomic E-state index is 15.5. The lowest BCUT2D eigenvalue weighted by atomic mass is 9.85. The van der Waals surface area contributed by atoms with E-state index in [-0.39, 0.29) is 23.6 Å². The Morgan fingerprint density at radius 2 is 1.79 bits per heavy atom. The van der Waals surface area contributed by atoms with Gasteiger partial charge >= 0.3 is 5.97 Å². The minimum atomic E-state index is -0.746. The fourth-order valence-electron chi connectivity index (χ4n) is 6.03. The Kier molecular flexibility index (Phi) is 10.4. The first-order chi connectivity index (χ1) is 24.9. The number of morpholine rings is 1. The lowest BCUT2D eigenvalue weighted by Crippen LogP contribution is -2.40. The minimum Gasteiger partial charge on any atom is -0.461 e. The van der Waals surface area contributed by atoms with Crippen molar-refractivity contribution in [1.29, 1.82) is 5.41 Å². The summed E-state index contributed by atoms with van der Waals surface area (Å²) >= 11 is 0. The Morgan fingerprint density at radius 1 is 1.00 bits per heavy atom. The lowest BCUT2D eigenvalue weighted by Gasteiger charge is -2.26. The van der Waals surface area contributed by atoms with E-state index >= 15 is 4.39 Å². The average Bonchev–Trinajstić information content (AvgIpc) is 3.13. The first kappa shape index (κ1) is 35.8. The van der Waals surface area contributed by atoms with Crippen LogP contribution in [-0.4, -0.2) is 65.2 Å². The number of esters is 1. The number of ether oxygens (including phenoxy) is 2. The van der Waals surface area contributed by atoms with Gasteiger partial charge in [0.15, 0.2) is 0 Å². The summed E-state index contributed by atoms with van der Waals surface area (Å²) in [4.78, 5) is 49.5. The average molecular weight is 703 g/mol. The number of carbonyl (C=O) groups excluding carboxylic acids is 3. The molecule has 0 spiro atoms. The summed E-state index contributed by atoms with van der Waals surface area (Å²) in [6, 6.07) is 19.2. The van der Waals surface area contributed by atoms with Gasteiger partial charge in [-0.2, -0.15) is 0 Å². The molecule has 1 aliphatic rings. The van der Waals surface area contributed by atoms with E-state index in [0.717, 1.165) is 11.6 Å². The smallest absolute Gasteiger partial charge is 0.302 e. The van der Waals surface area contributed by atoms with Crippen molar-refractivity contribution in [1.82, 2.24) is 14.9 Å². The molecule has 3 N–H and O–H groups in total. The van der Waals surface area contributed by atoms with Crippen molar-refractivity contribution in [3.05, 3.63) is 113 Å². The molecular weight excluding hydrogens is 663 g/mol. The Bertz CT molecular complexity index is 2170. The quantitative estimate of drug-likeness (QED) is 0.107. The number of rotatable bonds is 9. The number of hydrogen-bond acceptors (Lipinski definition) is 9. The summed E-state index contributed by atoms with van der Waals surface area (Å²) < 4.78 is 26.3. The van der Waals surface area contributed by atoms with Gasteiger partial charge in [0.05, 0.1) is 35.5 Å². The van der Waals surface area contributed by atoms with E-state index in [4.69, 9.17) is 14.9 Å². The standard InChI is InChI=1S/C40H39FN6O5/c1-24(48)52-23-31-30(8-5-9-33(31)46-38(49)36-28(21-42)18-29(20-32(36)41)40(2,3)4)27-17-25-7-6-12-43-37(25)34(19-27)45-35-11-10-26(22-44-35)39(50)47-13-15-51-16-14-47/h5-12,17-22,42H,13-16,23H2,1-4H3,(H,44,45)(H,46,49). The number of anilines is 3. The van der Waals surface area contributed by atoms with Gasteiger partial charge in [0.2, 0.25) is 0 Å². The van der Waals surface area contributed by atoms with Crippen LogP contribution in [0.4, 0.5) is 21.6 Å². The summed E-state index contributed by atoms with van der Waals surface area (Å²) in [7, 11) is 0. The third kappa shape index (κ3) is 7.82. The van der Waals surface area contributed by atoms with E-state index in [1.54, 1.807) is 41.4 Å². The van der Waals surface area contributed by atoms with Crippen molar-refractivity contribution in [2.24, 2.45) is 0 Å². The van der Waals surface area contributed by atoms with Crippen molar-refractivity contribution in [2.45, 2.75) is 39.7 Å². The second-order valence-electron chi connectivity index (χ2n) is 13.4. The van der Waals surface area contributed by atoms with E-state index in [0.29, 0.717) is 76.8 Å². The molecule has 52 heavy (non-hydrogen) atoms. The lowest BCUT2D eigenvalue weighted by molar-refractivity contribution is -0.142. The molecule has 3 aromatic carbocycles. The van der Waals surface area contributed by atoms with Crippen LogP contribution in [0.25, 0.3) is 22.0 Å². The molecule has 2 amide bonds. The van der Waals surface area contributed by atoms with Gasteiger partial charge in [-0.15, -0.1) is 0 Å². The first-order valence-electron chi connectivity index (χ1n) is 16.8. The van der Waals surface area contributed by atoms with Gasteiger partial charge in [0, 0.05) is 60.8 Å². The maximum Gasteiger partial charge on any atom is 0.302 e. The zero-order valence-electron chi connectivity index (χ0n) is 29.4. The molecular formula is C40H39FN6O5. The molecule has 0 bridgehead atoms. The van der Waals surface area contributed by atoms with Gasteiger partial charge in [-0.3, -0.25) is 19.4 Å². The summed E-state index contributed by atoms with van der Waals surface area (Å²) in [6.45, 7) is 8.94. The molecule has 2 aromatic heterocycles.